The fourth-order valence-electron chi connectivity index (χ4n) is 1.30. The van der Waals surface area contributed by atoms with Crippen LogP contribution in [0.4, 0.5) is 10.6 Å². The van der Waals surface area contributed by atoms with E-state index in [-0.39, 0.29) is 12.5 Å². The summed E-state index contributed by atoms with van der Waals surface area (Å²) < 4.78 is 0. The second-order valence-electron chi connectivity index (χ2n) is 3.68. The third kappa shape index (κ3) is 6.41. The van der Waals surface area contributed by atoms with Crippen LogP contribution in [0.15, 0.2) is 18.6 Å². The molecule has 98 valence electrons. The van der Waals surface area contributed by atoms with Gasteiger partial charge in [0.1, 0.15) is 0 Å². The number of unbranched alkanes of at least 4 members (excludes halogenated alkanes) is 2. The molecule has 0 aliphatic rings. The number of hydrogen-bond acceptors (Lipinski definition) is 4. The van der Waals surface area contributed by atoms with Crippen LogP contribution in [0.5, 0.6) is 0 Å². The monoisotopic (exact) mass is 252 g/mol. The number of rotatable bonds is 7. The number of aliphatic carboxylic acids is 1. The van der Waals surface area contributed by atoms with E-state index in [1.807, 2.05) is 0 Å². The van der Waals surface area contributed by atoms with Crippen LogP contribution in [0, 0.1) is 0 Å². The highest BCUT2D eigenvalue weighted by Crippen LogP contribution is 1.99. The molecular formula is C11H16N4O3. The molecule has 0 unspecified atom stereocenters. The smallest absolute Gasteiger partial charge is 0.320 e. The minimum atomic E-state index is -0.789. The van der Waals surface area contributed by atoms with E-state index in [0.717, 1.165) is 12.8 Å². The number of hydrogen-bond donors (Lipinski definition) is 3. The number of anilines is 1. The fraction of sp³-hybridized carbons (Fsp3) is 0.455. The number of carboxylic acids is 1. The van der Waals surface area contributed by atoms with Crippen LogP contribution in [0.25, 0.3) is 0 Å². The number of amides is 2. The first-order valence-corrected chi connectivity index (χ1v) is 5.71. The van der Waals surface area contributed by atoms with Crippen LogP contribution in [-0.4, -0.2) is 33.6 Å². The number of carbonyl (C=O) groups excluding carboxylic acids is 1. The molecule has 0 radical (unpaired) electrons. The predicted octanol–water partition coefficient (Wildman–Crippen LogP) is 1.24. The molecule has 0 aliphatic heterocycles. The van der Waals surface area contributed by atoms with E-state index in [1.54, 1.807) is 0 Å². The quantitative estimate of drug-likeness (QED) is 0.633. The van der Waals surface area contributed by atoms with Crippen molar-refractivity contribution in [2.24, 2.45) is 0 Å². The van der Waals surface area contributed by atoms with Crippen molar-refractivity contribution in [2.75, 3.05) is 11.9 Å². The molecule has 0 saturated carbocycles. The van der Waals surface area contributed by atoms with Gasteiger partial charge in [-0.3, -0.25) is 15.1 Å². The molecule has 0 aromatic carbocycles. The van der Waals surface area contributed by atoms with Gasteiger partial charge in [0.25, 0.3) is 0 Å². The summed E-state index contributed by atoms with van der Waals surface area (Å²) in [5.74, 6) is -0.399. The second-order valence-corrected chi connectivity index (χ2v) is 3.68. The van der Waals surface area contributed by atoms with E-state index in [9.17, 15) is 9.59 Å². The zero-order chi connectivity index (χ0) is 13.2. The molecule has 0 aliphatic carbocycles. The van der Waals surface area contributed by atoms with Gasteiger partial charge in [-0.1, -0.05) is 6.42 Å². The van der Waals surface area contributed by atoms with Crippen molar-refractivity contribution >= 4 is 17.8 Å². The van der Waals surface area contributed by atoms with Crippen molar-refractivity contribution in [1.29, 1.82) is 0 Å². The maximum Gasteiger partial charge on any atom is 0.320 e. The average molecular weight is 252 g/mol. The highest BCUT2D eigenvalue weighted by Gasteiger charge is 2.01. The number of nitrogens with one attached hydrogen (secondary N) is 2. The van der Waals surface area contributed by atoms with Crippen molar-refractivity contribution < 1.29 is 14.7 Å². The molecule has 0 spiro atoms. The summed E-state index contributed by atoms with van der Waals surface area (Å²) in [4.78, 5) is 29.3. The van der Waals surface area contributed by atoms with Crippen molar-refractivity contribution in [3.63, 3.8) is 0 Å². The van der Waals surface area contributed by atoms with E-state index in [2.05, 4.69) is 20.6 Å². The molecule has 7 nitrogen and oxygen atoms in total. The van der Waals surface area contributed by atoms with Crippen molar-refractivity contribution in [3.8, 4) is 0 Å². The van der Waals surface area contributed by atoms with Gasteiger partial charge in [0, 0.05) is 25.4 Å². The molecule has 1 heterocycles. The fourth-order valence-corrected chi connectivity index (χ4v) is 1.30. The van der Waals surface area contributed by atoms with Crippen LogP contribution in [0.1, 0.15) is 25.7 Å². The Hall–Kier alpha value is -2.18. The van der Waals surface area contributed by atoms with E-state index in [0.29, 0.717) is 18.8 Å². The number of aromatic nitrogens is 2. The summed E-state index contributed by atoms with van der Waals surface area (Å²) in [6, 6.07) is -0.339. The lowest BCUT2D eigenvalue weighted by Gasteiger charge is -2.05. The third-order valence-corrected chi connectivity index (χ3v) is 2.16. The first-order valence-electron chi connectivity index (χ1n) is 5.71. The third-order valence-electron chi connectivity index (χ3n) is 2.16. The van der Waals surface area contributed by atoms with Crippen LogP contribution in [-0.2, 0) is 4.79 Å². The largest absolute Gasteiger partial charge is 0.481 e. The van der Waals surface area contributed by atoms with E-state index in [4.69, 9.17) is 5.11 Å². The number of nitrogens with zero attached hydrogens (tertiary/aromatic N) is 2. The summed E-state index contributed by atoms with van der Waals surface area (Å²) >= 11 is 0. The van der Waals surface area contributed by atoms with Crippen molar-refractivity contribution in [1.82, 2.24) is 15.3 Å². The normalized spacial score (nSPS) is 9.78. The molecule has 1 aromatic rings. The van der Waals surface area contributed by atoms with Crippen LogP contribution in [0.3, 0.4) is 0 Å². The maximum absolute atomic E-state index is 11.4. The Morgan fingerprint density at radius 1 is 1.22 bits per heavy atom. The summed E-state index contributed by atoms with van der Waals surface area (Å²) in [5, 5.41) is 13.6. The number of urea groups is 1. The first-order chi connectivity index (χ1) is 8.68. The van der Waals surface area contributed by atoms with Gasteiger partial charge in [0.15, 0.2) is 5.82 Å². The summed E-state index contributed by atoms with van der Waals surface area (Å²) in [6.07, 6.45) is 6.78. The SMILES string of the molecule is O=C(O)CCCCCNC(=O)Nc1cnccn1. The zero-order valence-electron chi connectivity index (χ0n) is 9.93. The predicted molar refractivity (Wildman–Crippen MR) is 65.2 cm³/mol. The minimum Gasteiger partial charge on any atom is -0.481 e. The second kappa shape index (κ2) is 7.99. The Balaban J connectivity index is 2.05. The zero-order valence-corrected chi connectivity index (χ0v) is 9.93. The molecule has 0 bridgehead atoms. The molecular weight excluding hydrogens is 236 g/mol. The lowest BCUT2D eigenvalue weighted by molar-refractivity contribution is -0.137. The summed E-state index contributed by atoms with van der Waals surface area (Å²) in [6.45, 7) is 0.506. The van der Waals surface area contributed by atoms with Gasteiger partial charge < -0.3 is 10.4 Å². The van der Waals surface area contributed by atoms with Gasteiger partial charge in [0.2, 0.25) is 0 Å². The maximum atomic E-state index is 11.4. The molecule has 1 aromatic heterocycles. The average Bonchev–Trinajstić information content (AvgIpc) is 2.34. The molecule has 1 rings (SSSR count). The molecule has 7 heteroatoms. The van der Waals surface area contributed by atoms with Crippen molar-refractivity contribution in [3.05, 3.63) is 18.6 Å². The Morgan fingerprint density at radius 2 is 2.06 bits per heavy atom. The highest BCUT2D eigenvalue weighted by molar-refractivity contribution is 5.87. The van der Waals surface area contributed by atoms with Gasteiger partial charge in [-0.2, -0.15) is 0 Å². The molecule has 0 atom stereocenters. The molecule has 0 saturated heterocycles. The Labute approximate surface area is 105 Å². The first kappa shape index (κ1) is 13.9. The van der Waals surface area contributed by atoms with Crippen LogP contribution >= 0.6 is 0 Å². The van der Waals surface area contributed by atoms with E-state index >= 15 is 0 Å². The summed E-state index contributed by atoms with van der Waals surface area (Å²) in [5.41, 5.74) is 0. The molecule has 2 amide bonds. The van der Waals surface area contributed by atoms with Crippen LogP contribution < -0.4 is 10.6 Å². The molecule has 3 N–H and O–H groups in total. The van der Waals surface area contributed by atoms with Gasteiger partial charge in [-0.05, 0) is 12.8 Å². The van der Waals surface area contributed by atoms with E-state index < -0.39 is 5.97 Å². The lowest BCUT2D eigenvalue weighted by Crippen LogP contribution is -2.29. The Morgan fingerprint density at radius 3 is 2.72 bits per heavy atom. The minimum absolute atomic E-state index is 0.172. The standard InChI is InChI=1S/C11H16N4O3/c16-10(17)4-2-1-3-5-14-11(18)15-9-8-12-6-7-13-9/h6-8H,1-5H2,(H,16,17)(H2,13,14,15,18). The number of carboxylic acid groups (broad SMARTS) is 1. The van der Waals surface area contributed by atoms with Crippen LogP contribution in [0.2, 0.25) is 0 Å². The Kier molecular flexibility index (Phi) is 6.16. The van der Waals surface area contributed by atoms with E-state index in [1.165, 1.54) is 18.6 Å². The van der Waals surface area contributed by atoms with Gasteiger partial charge in [-0.25, -0.2) is 9.78 Å². The van der Waals surface area contributed by atoms with Gasteiger partial charge >= 0.3 is 12.0 Å². The number of carbonyl (C=O) groups is 2. The molecule has 0 fully saturated rings. The van der Waals surface area contributed by atoms with Gasteiger partial charge in [-0.15, -0.1) is 0 Å². The topological polar surface area (TPSA) is 104 Å². The Bertz CT molecular complexity index is 383. The van der Waals surface area contributed by atoms with Crippen molar-refractivity contribution in [2.45, 2.75) is 25.7 Å². The lowest BCUT2D eigenvalue weighted by atomic mass is 10.2. The van der Waals surface area contributed by atoms with Gasteiger partial charge in [0.05, 0.1) is 6.20 Å². The summed E-state index contributed by atoms with van der Waals surface area (Å²) in [7, 11) is 0. The molecule has 18 heavy (non-hydrogen) atoms. The highest BCUT2D eigenvalue weighted by atomic mass is 16.4.